The third-order valence-electron chi connectivity index (χ3n) is 2.37. The third kappa shape index (κ3) is 6.93. The van der Waals surface area contributed by atoms with Crippen LogP contribution in [-0.2, 0) is 10.1 Å². The van der Waals surface area contributed by atoms with Crippen molar-refractivity contribution < 1.29 is 25.8 Å². The van der Waals surface area contributed by atoms with Crippen molar-refractivity contribution in [3.63, 3.8) is 0 Å². The van der Waals surface area contributed by atoms with Gasteiger partial charge in [-0.2, -0.15) is 21.6 Å². The minimum absolute atomic E-state index is 0.0261. The molecule has 1 aromatic heterocycles. The maximum atomic E-state index is 12.1. The maximum absolute atomic E-state index is 12.1. The number of benzene rings is 1. The number of thioether (sulfide) groups is 1. The fourth-order valence-corrected chi connectivity index (χ4v) is 4.52. The minimum atomic E-state index is -4.35. The molecule has 0 fully saturated rings. The van der Waals surface area contributed by atoms with E-state index >= 15 is 0 Å². The molecule has 0 spiro atoms. The van der Waals surface area contributed by atoms with Gasteiger partial charge < -0.3 is 9.50 Å². The van der Waals surface area contributed by atoms with E-state index in [1.165, 1.54) is 12.1 Å². The van der Waals surface area contributed by atoms with Crippen LogP contribution in [0.25, 0.3) is 0 Å². The number of hydrogen-bond acceptors (Lipinski definition) is 8. The zero-order chi connectivity index (χ0) is 17.6. The van der Waals surface area contributed by atoms with Gasteiger partial charge in [-0.05, 0) is 12.1 Å². The van der Waals surface area contributed by atoms with Gasteiger partial charge in [0.2, 0.25) is 5.13 Å². The van der Waals surface area contributed by atoms with Crippen molar-refractivity contribution in [1.82, 2.24) is 10.2 Å². The average Bonchev–Trinajstić information content (AvgIpc) is 2.93. The van der Waals surface area contributed by atoms with Crippen molar-refractivity contribution in [3.05, 3.63) is 30.3 Å². The molecular formula is C12H12F3N3O3S3. The van der Waals surface area contributed by atoms with Crippen LogP contribution in [0.15, 0.2) is 34.7 Å². The summed E-state index contributed by atoms with van der Waals surface area (Å²) < 4.78 is 65.1. The van der Waals surface area contributed by atoms with Gasteiger partial charge in [0, 0.05) is 5.75 Å². The van der Waals surface area contributed by atoms with Crippen LogP contribution in [0.2, 0.25) is 0 Å². The molecule has 0 unspecified atom stereocenters. The second-order valence-electron chi connectivity index (χ2n) is 4.35. The molecule has 1 heterocycles. The molecule has 2 rings (SSSR count). The molecule has 132 valence electrons. The third-order valence-corrected chi connectivity index (χ3v) is 5.80. The fraction of sp³-hybridized carbons (Fsp3) is 0.333. The van der Waals surface area contributed by atoms with Crippen molar-refractivity contribution in [2.75, 3.05) is 23.4 Å². The molecule has 12 heteroatoms. The molecule has 1 aromatic carbocycles. The van der Waals surface area contributed by atoms with E-state index in [0.717, 1.165) is 23.1 Å². The van der Waals surface area contributed by atoms with Gasteiger partial charge in [0.1, 0.15) is 12.3 Å². The molecule has 0 aliphatic carbocycles. The Hall–Kier alpha value is -1.53. The number of hydrogen-bond donors (Lipinski definition) is 1. The van der Waals surface area contributed by atoms with Crippen molar-refractivity contribution in [3.8, 4) is 5.75 Å². The quantitative estimate of drug-likeness (QED) is 0.540. The van der Waals surface area contributed by atoms with Gasteiger partial charge in [0.15, 0.2) is 4.34 Å². The number of aromatic nitrogens is 2. The highest BCUT2D eigenvalue weighted by molar-refractivity contribution is 8.01. The van der Waals surface area contributed by atoms with Crippen molar-refractivity contribution in [2.45, 2.75) is 10.5 Å². The lowest BCUT2D eigenvalue weighted by atomic mass is 10.3. The Morgan fingerprint density at radius 3 is 2.58 bits per heavy atom. The summed E-state index contributed by atoms with van der Waals surface area (Å²) in [5.41, 5.74) is 0. The standard InChI is InChI=1S/C12H12F3N3O3S3/c13-12(14,15)8-16-10-17-18-11(23-10)22-6-7-24(19,20)21-9-4-2-1-3-5-9/h1-5H,6-8H2,(H,16,17). The molecule has 0 aliphatic rings. The van der Waals surface area contributed by atoms with Gasteiger partial charge in [-0.25, -0.2) is 0 Å². The van der Waals surface area contributed by atoms with Crippen molar-refractivity contribution in [1.29, 1.82) is 0 Å². The topological polar surface area (TPSA) is 81.2 Å². The van der Waals surface area contributed by atoms with E-state index in [-0.39, 0.29) is 22.4 Å². The van der Waals surface area contributed by atoms with Gasteiger partial charge in [0.05, 0.1) is 5.75 Å². The highest BCUT2D eigenvalue weighted by Gasteiger charge is 2.27. The highest BCUT2D eigenvalue weighted by Crippen LogP contribution is 2.26. The number of halogens is 3. The van der Waals surface area contributed by atoms with Gasteiger partial charge in [0.25, 0.3) is 0 Å². The molecule has 0 bridgehead atoms. The molecule has 0 amide bonds. The van der Waals surface area contributed by atoms with Crippen LogP contribution in [0.3, 0.4) is 0 Å². The molecule has 6 nitrogen and oxygen atoms in total. The molecule has 1 N–H and O–H groups in total. The van der Waals surface area contributed by atoms with Crippen molar-refractivity contribution in [2.24, 2.45) is 0 Å². The summed E-state index contributed by atoms with van der Waals surface area (Å²) in [5.74, 6) is 0.0950. The van der Waals surface area contributed by atoms with E-state index in [1.807, 2.05) is 0 Å². The summed E-state index contributed by atoms with van der Waals surface area (Å²) in [6.45, 7) is -1.20. The zero-order valence-corrected chi connectivity index (χ0v) is 14.4. The summed E-state index contributed by atoms with van der Waals surface area (Å²) in [4.78, 5) is 0. The predicted molar refractivity (Wildman–Crippen MR) is 86.0 cm³/mol. The normalized spacial score (nSPS) is 12.1. The number of alkyl halides is 3. The monoisotopic (exact) mass is 399 g/mol. The van der Waals surface area contributed by atoms with Crippen LogP contribution in [-0.4, -0.2) is 42.8 Å². The number of nitrogens with zero attached hydrogens (tertiary/aromatic N) is 2. The number of rotatable bonds is 8. The Balaban J connectivity index is 1.78. The lowest BCUT2D eigenvalue weighted by Crippen LogP contribution is -2.21. The smallest absolute Gasteiger partial charge is 0.382 e. The summed E-state index contributed by atoms with van der Waals surface area (Å²) in [5, 5.41) is 9.38. The van der Waals surface area contributed by atoms with E-state index in [4.69, 9.17) is 4.18 Å². The predicted octanol–water partition coefficient (Wildman–Crippen LogP) is 3.01. The van der Waals surface area contributed by atoms with Crippen molar-refractivity contribution >= 4 is 38.3 Å². The lowest BCUT2D eigenvalue weighted by molar-refractivity contribution is -0.115. The summed E-state index contributed by atoms with van der Waals surface area (Å²) in [6, 6.07) is 8.07. The van der Waals surface area contributed by atoms with Crippen LogP contribution >= 0.6 is 23.1 Å². The average molecular weight is 399 g/mol. The molecule has 0 aliphatic heterocycles. The first kappa shape index (κ1) is 18.8. The van der Waals surface area contributed by atoms with Gasteiger partial charge in [-0.1, -0.05) is 41.3 Å². The first-order chi connectivity index (χ1) is 11.2. The van der Waals surface area contributed by atoms with Gasteiger partial charge in [-0.15, -0.1) is 10.2 Å². The molecule has 0 radical (unpaired) electrons. The first-order valence-electron chi connectivity index (χ1n) is 6.48. The van der Waals surface area contributed by atoms with Crippen LogP contribution < -0.4 is 9.50 Å². The molecular weight excluding hydrogens is 387 g/mol. The fourth-order valence-electron chi connectivity index (χ4n) is 1.41. The van der Waals surface area contributed by atoms with Crippen LogP contribution in [0.5, 0.6) is 5.75 Å². The van der Waals surface area contributed by atoms with Crippen LogP contribution in [0.1, 0.15) is 0 Å². The van der Waals surface area contributed by atoms with E-state index in [2.05, 4.69) is 15.5 Å². The Bertz CT molecular complexity index is 751. The molecule has 2 aromatic rings. The lowest BCUT2D eigenvalue weighted by Gasteiger charge is -2.05. The van der Waals surface area contributed by atoms with E-state index in [9.17, 15) is 21.6 Å². The Labute approximate surface area is 144 Å². The minimum Gasteiger partial charge on any atom is -0.382 e. The first-order valence-corrected chi connectivity index (χ1v) is 9.86. The van der Waals surface area contributed by atoms with E-state index < -0.39 is 22.8 Å². The van der Waals surface area contributed by atoms with Gasteiger partial charge >= 0.3 is 16.3 Å². The van der Waals surface area contributed by atoms with Crippen LogP contribution in [0, 0.1) is 0 Å². The van der Waals surface area contributed by atoms with Crippen LogP contribution in [0.4, 0.5) is 18.3 Å². The highest BCUT2D eigenvalue weighted by atomic mass is 32.2. The van der Waals surface area contributed by atoms with Gasteiger partial charge in [-0.3, -0.25) is 0 Å². The summed E-state index contributed by atoms with van der Waals surface area (Å²) in [7, 11) is -3.76. The molecule has 0 atom stereocenters. The molecule has 0 saturated heterocycles. The second-order valence-corrected chi connectivity index (χ2v) is 8.36. The Kier molecular flexibility index (Phi) is 6.29. The zero-order valence-electron chi connectivity index (χ0n) is 12.0. The number of nitrogens with one attached hydrogen (secondary N) is 1. The number of para-hydroxylation sites is 1. The number of anilines is 1. The molecule has 0 saturated carbocycles. The SMILES string of the molecule is O=S(=O)(CCSc1nnc(NCC(F)(F)F)s1)Oc1ccccc1. The summed E-state index contributed by atoms with van der Waals surface area (Å²) in [6.07, 6.45) is -4.35. The largest absolute Gasteiger partial charge is 0.405 e. The maximum Gasteiger partial charge on any atom is 0.405 e. The molecule has 24 heavy (non-hydrogen) atoms. The summed E-state index contributed by atoms with van der Waals surface area (Å²) >= 11 is 2.00. The Morgan fingerprint density at radius 1 is 1.21 bits per heavy atom. The van der Waals surface area contributed by atoms with E-state index in [1.54, 1.807) is 18.2 Å². The Morgan fingerprint density at radius 2 is 1.92 bits per heavy atom. The second kappa shape index (κ2) is 8.03. The van der Waals surface area contributed by atoms with E-state index in [0.29, 0.717) is 4.34 Å².